The molecule has 1 aliphatic rings. The quantitative estimate of drug-likeness (QED) is 0.149. The third kappa shape index (κ3) is 7.68. The molecule has 0 fully saturated rings. The van der Waals surface area contributed by atoms with Crippen LogP contribution in [0.5, 0.6) is 11.5 Å². The maximum atomic E-state index is 6.76. The first-order valence-electron chi connectivity index (χ1n) is 23.3. The molecule has 0 aliphatic carbocycles. The Morgan fingerprint density at radius 3 is 1.87 bits per heavy atom. The molecule has 0 N–H and O–H groups in total. The van der Waals surface area contributed by atoms with Crippen molar-refractivity contribution < 1.29 is 30.2 Å². The van der Waals surface area contributed by atoms with Gasteiger partial charge in [-0.25, -0.2) is 4.98 Å². The van der Waals surface area contributed by atoms with Crippen LogP contribution in [0.2, 0.25) is 0 Å². The standard InChI is InChI=1S/C62H49N4O2.Pt/c1-61(2,3)42-32-33-63-57(36-42)66-54-31-30-48-47-24-13-16-27-56(47)68-60(48)58(54)49-29-28-46(38-55(49)66)67-45-23-17-22-44(37-45)64-39-65(53-26-15-14-25-52(53)64)59-50(40-18-9-7-10-19-40)34-43(62(4,5)6)35-51(59)41-20-11-8-12-21-41;/h7-36,39H,1-6H3;/q-3;. The van der Waals surface area contributed by atoms with E-state index in [2.05, 4.69) is 220 Å². The second-order valence-electron chi connectivity index (χ2n) is 19.8. The summed E-state index contributed by atoms with van der Waals surface area (Å²) >= 11 is 0. The molecule has 1 aliphatic heterocycles. The molecule has 6 nitrogen and oxygen atoms in total. The van der Waals surface area contributed by atoms with Crippen molar-refractivity contribution in [1.82, 2.24) is 9.55 Å². The first kappa shape index (κ1) is 44.1. The van der Waals surface area contributed by atoms with Crippen LogP contribution in [0, 0.1) is 18.8 Å². The van der Waals surface area contributed by atoms with Crippen molar-refractivity contribution >= 4 is 66.5 Å². The summed E-state index contributed by atoms with van der Waals surface area (Å²) in [5.74, 6) is 1.94. The molecule has 4 heterocycles. The van der Waals surface area contributed by atoms with Gasteiger partial charge < -0.3 is 23.5 Å². The fourth-order valence-corrected chi connectivity index (χ4v) is 9.73. The van der Waals surface area contributed by atoms with Gasteiger partial charge in [-0.05, 0) is 93.1 Å². The Labute approximate surface area is 417 Å². The number of benzene rings is 8. The van der Waals surface area contributed by atoms with E-state index in [0.717, 1.165) is 94.6 Å². The van der Waals surface area contributed by atoms with Crippen LogP contribution in [0.3, 0.4) is 0 Å². The Morgan fingerprint density at radius 1 is 0.551 bits per heavy atom. The maximum absolute atomic E-state index is 6.76. The number of anilines is 4. The van der Waals surface area contributed by atoms with Gasteiger partial charge in [0.25, 0.3) is 0 Å². The Morgan fingerprint density at radius 2 is 1.17 bits per heavy atom. The van der Waals surface area contributed by atoms with Crippen LogP contribution < -0.4 is 14.5 Å². The van der Waals surface area contributed by atoms with E-state index in [1.165, 1.54) is 11.1 Å². The number of ether oxygens (including phenoxy) is 1. The SMILES string of the molecule is CC(C)(C)c1ccnc(-n2c3[c-]c(Oc4[c-]c(N5[CH-]N(c6c(-c7ccccc7)cc(C(C)(C)C)cc6-c6ccccc6)c6ccccc65)ccc4)ccc3c3c4oc5ccccc5c4ccc32)c1.[Pt]. The topological polar surface area (TPSA) is 46.7 Å². The molecular formula is C62H49N4O2Pt-3. The van der Waals surface area contributed by atoms with Crippen molar-refractivity contribution in [2.24, 2.45) is 0 Å². The molecule has 0 amide bonds. The Balaban J connectivity index is 0.00000520. The van der Waals surface area contributed by atoms with Gasteiger partial charge in [-0.15, -0.1) is 42.7 Å². The van der Waals surface area contributed by atoms with Gasteiger partial charge in [0.15, 0.2) is 0 Å². The van der Waals surface area contributed by atoms with E-state index in [9.17, 15) is 0 Å². The van der Waals surface area contributed by atoms with Gasteiger partial charge in [0, 0.05) is 83.2 Å². The molecule has 3 aromatic heterocycles. The van der Waals surface area contributed by atoms with E-state index in [4.69, 9.17) is 14.1 Å². The minimum absolute atomic E-state index is 0. The number of pyridine rings is 1. The fraction of sp³-hybridized carbons (Fsp3) is 0.129. The van der Waals surface area contributed by atoms with Crippen molar-refractivity contribution in [1.29, 1.82) is 0 Å². The average molecular weight is 1080 g/mol. The third-order valence-corrected chi connectivity index (χ3v) is 13.2. The zero-order valence-corrected chi connectivity index (χ0v) is 41.6. The summed E-state index contributed by atoms with van der Waals surface area (Å²) in [5, 5.41) is 4.18. The second-order valence-corrected chi connectivity index (χ2v) is 19.8. The van der Waals surface area contributed by atoms with Crippen molar-refractivity contribution in [3.63, 3.8) is 0 Å². The Kier molecular flexibility index (Phi) is 10.9. The summed E-state index contributed by atoms with van der Waals surface area (Å²) in [7, 11) is 0. The molecule has 0 atom stereocenters. The van der Waals surface area contributed by atoms with Gasteiger partial charge in [0.05, 0.1) is 0 Å². The van der Waals surface area contributed by atoms with Crippen molar-refractivity contribution in [3.8, 4) is 39.6 Å². The van der Waals surface area contributed by atoms with E-state index in [1.807, 2.05) is 36.5 Å². The zero-order chi connectivity index (χ0) is 46.3. The molecule has 0 radical (unpaired) electrons. The van der Waals surface area contributed by atoms with Gasteiger partial charge >= 0.3 is 0 Å². The number of fused-ring (bicyclic) bond motifs is 8. The molecule has 12 rings (SSSR count). The van der Waals surface area contributed by atoms with Gasteiger partial charge in [-0.1, -0.05) is 143 Å². The van der Waals surface area contributed by atoms with Crippen LogP contribution in [0.1, 0.15) is 52.7 Å². The normalized spacial score (nSPS) is 12.8. The summed E-state index contributed by atoms with van der Waals surface area (Å²) in [6.45, 7) is 15.7. The van der Waals surface area contributed by atoms with E-state index in [0.29, 0.717) is 11.5 Å². The number of nitrogens with zero attached hydrogens (tertiary/aromatic N) is 4. The van der Waals surface area contributed by atoms with Crippen LogP contribution in [-0.2, 0) is 31.9 Å². The number of hydrogen-bond acceptors (Lipinski definition) is 5. The summed E-state index contributed by atoms with van der Waals surface area (Å²) in [6, 6.07) is 69.1. The van der Waals surface area contributed by atoms with E-state index < -0.39 is 0 Å². The van der Waals surface area contributed by atoms with Crippen LogP contribution >= 0.6 is 0 Å². The molecule has 0 saturated carbocycles. The molecule has 69 heavy (non-hydrogen) atoms. The summed E-state index contributed by atoms with van der Waals surface area (Å²) in [6.07, 6.45) is 1.90. The van der Waals surface area contributed by atoms with E-state index in [-0.39, 0.29) is 31.9 Å². The molecule has 7 heteroatoms. The van der Waals surface area contributed by atoms with Gasteiger partial charge in [0.2, 0.25) is 0 Å². The molecule has 8 aromatic carbocycles. The van der Waals surface area contributed by atoms with Crippen LogP contribution in [0.15, 0.2) is 187 Å². The summed E-state index contributed by atoms with van der Waals surface area (Å²) in [4.78, 5) is 9.50. The Bertz CT molecular complexity index is 3670. The van der Waals surface area contributed by atoms with Gasteiger partial charge in [-0.3, -0.25) is 0 Å². The predicted octanol–water partition coefficient (Wildman–Crippen LogP) is 16.8. The minimum atomic E-state index is -0.0760. The minimum Gasteiger partial charge on any atom is -0.509 e. The molecule has 11 aromatic rings. The molecule has 0 bridgehead atoms. The molecular weight excluding hydrogens is 1030 g/mol. The molecule has 342 valence electrons. The number of furan rings is 1. The predicted molar refractivity (Wildman–Crippen MR) is 280 cm³/mol. The van der Waals surface area contributed by atoms with Gasteiger partial charge in [0.1, 0.15) is 17.0 Å². The monoisotopic (exact) mass is 1080 g/mol. The largest absolute Gasteiger partial charge is 0.509 e. The number of para-hydroxylation sites is 3. The molecule has 0 unspecified atom stereocenters. The zero-order valence-electron chi connectivity index (χ0n) is 39.3. The maximum Gasteiger partial charge on any atom is 0.135 e. The number of hydrogen-bond donors (Lipinski definition) is 0. The van der Waals surface area contributed by atoms with Crippen LogP contribution in [0.4, 0.5) is 22.7 Å². The first-order chi connectivity index (χ1) is 33.0. The fourth-order valence-electron chi connectivity index (χ4n) is 9.73. The van der Waals surface area contributed by atoms with Crippen molar-refractivity contribution in [2.75, 3.05) is 9.80 Å². The van der Waals surface area contributed by atoms with Crippen LogP contribution in [0.25, 0.3) is 71.8 Å². The number of rotatable bonds is 7. The molecule has 0 saturated heterocycles. The van der Waals surface area contributed by atoms with E-state index in [1.54, 1.807) is 0 Å². The Hall–Kier alpha value is -7.40. The first-order valence-corrected chi connectivity index (χ1v) is 23.3. The summed E-state index contributed by atoms with van der Waals surface area (Å²) < 4.78 is 15.6. The van der Waals surface area contributed by atoms with Crippen molar-refractivity contribution in [2.45, 2.75) is 52.4 Å². The van der Waals surface area contributed by atoms with Gasteiger partial charge in [-0.2, -0.15) is 12.1 Å². The smallest absolute Gasteiger partial charge is 0.135 e. The van der Waals surface area contributed by atoms with Crippen molar-refractivity contribution in [3.05, 3.63) is 212 Å². The summed E-state index contributed by atoms with van der Waals surface area (Å²) in [5.41, 5.74) is 14.5. The van der Waals surface area contributed by atoms with Crippen LogP contribution in [-0.4, -0.2) is 9.55 Å². The van der Waals surface area contributed by atoms with E-state index >= 15 is 0 Å². The number of aromatic nitrogens is 2. The average Bonchev–Trinajstić information content (AvgIpc) is 4.03. The third-order valence-electron chi connectivity index (χ3n) is 13.2. The molecule has 0 spiro atoms. The second kappa shape index (κ2) is 17.0.